The lowest BCUT2D eigenvalue weighted by molar-refractivity contribution is 0.0926. The molecule has 6 heteroatoms. The van der Waals surface area contributed by atoms with Gasteiger partial charge in [0.05, 0.1) is 16.8 Å². The normalized spacial score (nSPS) is 14.0. The maximum atomic E-state index is 12.4. The molecule has 0 atom stereocenters. The highest BCUT2D eigenvalue weighted by Crippen LogP contribution is 2.34. The summed E-state index contributed by atoms with van der Waals surface area (Å²) in [7, 11) is 0. The van der Waals surface area contributed by atoms with Crippen molar-refractivity contribution in [3.05, 3.63) is 39.9 Å². The molecule has 2 amide bonds. The van der Waals surface area contributed by atoms with Crippen LogP contribution in [0.2, 0.25) is 0 Å². The highest BCUT2D eigenvalue weighted by molar-refractivity contribution is 7.16. The summed E-state index contributed by atoms with van der Waals surface area (Å²) in [5.41, 5.74) is 7.68. The second-order valence-electron chi connectivity index (χ2n) is 4.57. The van der Waals surface area contributed by atoms with Crippen LogP contribution in [0.15, 0.2) is 18.2 Å². The standard InChI is InChI=1S/C14H13N3O2S/c1-3-10-7(2)20-14(16-10)17-12(18)8-5-4-6-9(15)11(8)13(17)19/h4-6H,3,15H2,1-2H3. The van der Waals surface area contributed by atoms with Gasteiger partial charge in [-0.15, -0.1) is 11.3 Å². The minimum atomic E-state index is -0.389. The van der Waals surface area contributed by atoms with E-state index < -0.39 is 0 Å². The smallest absolute Gasteiger partial charge is 0.270 e. The molecule has 2 aromatic rings. The molecule has 0 saturated heterocycles. The summed E-state index contributed by atoms with van der Waals surface area (Å²) in [6, 6.07) is 4.92. The molecule has 0 radical (unpaired) electrons. The number of rotatable bonds is 2. The number of nitrogens with two attached hydrogens (primary N) is 1. The largest absolute Gasteiger partial charge is 0.398 e. The summed E-state index contributed by atoms with van der Waals surface area (Å²) >= 11 is 1.35. The number of fused-ring (bicyclic) bond motifs is 1. The molecule has 102 valence electrons. The fourth-order valence-electron chi connectivity index (χ4n) is 2.32. The van der Waals surface area contributed by atoms with Crippen LogP contribution >= 0.6 is 11.3 Å². The van der Waals surface area contributed by atoms with Crippen molar-refractivity contribution in [3.8, 4) is 0 Å². The lowest BCUT2D eigenvalue weighted by atomic mass is 10.1. The van der Waals surface area contributed by atoms with Crippen molar-refractivity contribution >= 4 is 34.0 Å². The molecule has 0 spiro atoms. The molecule has 2 N–H and O–H groups in total. The summed E-state index contributed by atoms with van der Waals surface area (Å²) in [6.07, 6.45) is 0.771. The maximum absolute atomic E-state index is 12.4. The first-order chi connectivity index (χ1) is 9.54. The SMILES string of the molecule is CCc1nc(N2C(=O)c3cccc(N)c3C2=O)sc1C. The number of nitrogen functional groups attached to an aromatic ring is 1. The monoisotopic (exact) mass is 287 g/mol. The Morgan fingerprint density at radius 2 is 2.05 bits per heavy atom. The van der Waals surface area contributed by atoms with Gasteiger partial charge >= 0.3 is 0 Å². The Labute approximate surface area is 120 Å². The van der Waals surface area contributed by atoms with Gasteiger partial charge in [0.25, 0.3) is 11.8 Å². The van der Waals surface area contributed by atoms with Crippen LogP contribution in [0.3, 0.4) is 0 Å². The first-order valence-corrected chi connectivity index (χ1v) is 7.09. The number of aromatic nitrogens is 1. The van der Waals surface area contributed by atoms with Crippen molar-refractivity contribution in [1.29, 1.82) is 0 Å². The minimum absolute atomic E-state index is 0.281. The van der Waals surface area contributed by atoms with Crippen LogP contribution in [0.1, 0.15) is 38.2 Å². The maximum Gasteiger partial charge on any atom is 0.270 e. The average molecular weight is 287 g/mol. The van der Waals surface area contributed by atoms with Gasteiger partial charge in [0, 0.05) is 10.6 Å². The third kappa shape index (κ3) is 1.65. The predicted molar refractivity (Wildman–Crippen MR) is 78.2 cm³/mol. The first kappa shape index (κ1) is 12.8. The number of aryl methyl sites for hydroxylation is 2. The van der Waals surface area contributed by atoms with E-state index >= 15 is 0 Å². The molecule has 1 aliphatic heterocycles. The minimum Gasteiger partial charge on any atom is -0.398 e. The van der Waals surface area contributed by atoms with E-state index in [2.05, 4.69) is 4.98 Å². The predicted octanol–water partition coefficient (Wildman–Crippen LogP) is 2.40. The van der Waals surface area contributed by atoms with Gasteiger partial charge in [-0.1, -0.05) is 13.0 Å². The summed E-state index contributed by atoms with van der Waals surface area (Å²) < 4.78 is 0. The molecular formula is C14H13N3O2S. The van der Waals surface area contributed by atoms with Crippen molar-refractivity contribution in [2.24, 2.45) is 0 Å². The van der Waals surface area contributed by atoms with Gasteiger partial charge in [-0.2, -0.15) is 0 Å². The highest BCUT2D eigenvalue weighted by atomic mass is 32.1. The molecule has 20 heavy (non-hydrogen) atoms. The van der Waals surface area contributed by atoms with E-state index in [9.17, 15) is 9.59 Å². The number of amides is 2. The molecule has 1 aromatic carbocycles. The number of imide groups is 1. The fourth-order valence-corrected chi connectivity index (χ4v) is 3.32. The lowest BCUT2D eigenvalue weighted by Crippen LogP contribution is -2.29. The topological polar surface area (TPSA) is 76.3 Å². The van der Waals surface area contributed by atoms with E-state index in [-0.39, 0.29) is 17.4 Å². The van der Waals surface area contributed by atoms with Crippen LogP contribution in [-0.4, -0.2) is 16.8 Å². The summed E-state index contributed by atoms with van der Waals surface area (Å²) in [5.74, 6) is -0.742. The summed E-state index contributed by atoms with van der Waals surface area (Å²) in [6.45, 7) is 3.93. The van der Waals surface area contributed by atoms with Crippen LogP contribution in [0.5, 0.6) is 0 Å². The van der Waals surface area contributed by atoms with Gasteiger partial charge in [-0.3, -0.25) is 9.59 Å². The molecule has 0 saturated carbocycles. The van der Waals surface area contributed by atoms with Crippen LogP contribution in [-0.2, 0) is 6.42 Å². The zero-order valence-corrected chi connectivity index (χ0v) is 12.0. The van der Waals surface area contributed by atoms with Gasteiger partial charge in [-0.05, 0) is 25.5 Å². The Hall–Kier alpha value is -2.21. The number of hydrogen-bond donors (Lipinski definition) is 1. The molecule has 1 aliphatic rings. The van der Waals surface area contributed by atoms with Crippen LogP contribution in [0.4, 0.5) is 10.8 Å². The van der Waals surface area contributed by atoms with E-state index in [4.69, 9.17) is 5.73 Å². The van der Waals surface area contributed by atoms with E-state index in [1.165, 1.54) is 11.3 Å². The van der Waals surface area contributed by atoms with Crippen molar-refractivity contribution < 1.29 is 9.59 Å². The molecule has 3 rings (SSSR count). The Morgan fingerprint density at radius 3 is 2.65 bits per heavy atom. The number of carbonyl (C=O) groups excluding carboxylic acids is 2. The third-order valence-electron chi connectivity index (χ3n) is 3.35. The molecule has 5 nitrogen and oxygen atoms in total. The second-order valence-corrected chi connectivity index (χ2v) is 5.75. The van der Waals surface area contributed by atoms with E-state index in [0.717, 1.165) is 21.9 Å². The van der Waals surface area contributed by atoms with Gasteiger partial charge in [0.2, 0.25) is 0 Å². The third-order valence-corrected chi connectivity index (χ3v) is 4.35. The molecule has 1 aromatic heterocycles. The Balaban J connectivity index is 2.11. The van der Waals surface area contributed by atoms with E-state index in [0.29, 0.717) is 16.4 Å². The van der Waals surface area contributed by atoms with E-state index in [1.54, 1.807) is 18.2 Å². The first-order valence-electron chi connectivity index (χ1n) is 6.28. The number of anilines is 2. The Bertz CT molecular complexity index is 736. The summed E-state index contributed by atoms with van der Waals surface area (Å²) in [4.78, 5) is 31.3. The molecule has 0 unspecified atom stereocenters. The van der Waals surface area contributed by atoms with Gasteiger partial charge in [-0.25, -0.2) is 9.88 Å². The van der Waals surface area contributed by atoms with Gasteiger partial charge in [0.15, 0.2) is 5.13 Å². The highest BCUT2D eigenvalue weighted by Gasteiger charge is 2.39. The number of thiazole rings is 1. The summed E-state index contributed by atoms with van der Waals surface area (Å²) in [5, 5.41) is 0.421. The molecule has 0 bridgehead atoms. The van der Waals surface area contributed by atoms with Crippen molar-refractivity contribution in [3.63, 3.8) is 0 Å². The molecule has 0 fully saturated rings. The van der Waals surface area contributed by atoms with E-state index in [1.807, 2.05) is 13.8 Å². The molecular weight excluding hydrogens is 274 g/mol. The van der Waals surface area contributed by atoms with Crippen molar-refractivity contribution in [1.82, 2.24) is 4.98 Å². The van der Waals surface area contributed by atoms with Crippen molar-refractivity contribution in [2.75, 3.05) is 10.6 Å². The number of carbonyl (C=O) groups is 2. The zero-order chi connectivity index (χ0) is 14.4. The molecule has 0 aliphatic carbocycles. The number of benzene rings is 1. The van der Waals surface area contributed by atoms with Crippen LogP contribution in [0, 0.1) is 6.92 Å². The van der Waals surface area contributed by atoms with Crippen LogP contribution in [0.25, 0.3) is 0 Å². The van der Waals surface area contributed by atoms with Crippen LogP contribution < -0.4 is 10.6 Å². The quantitative estimate of drug-likeness (QED) is 0.679. The average Bonchev–Trinajstić information content (AvgIpc) is 2.90. The Morgan fingerprint density at radius 1 is 1.30 bits per heavy atom. The number of nitrogens with zero attached hydrogens (tertiary/aromatic N) is 2. The second kappa shape index (κ2) is 4.42. The molecule has 2 heterocycles. The van der Waals surface area contributed by atoms with Gasteiger partial charge in [0.1, 0.15) is 0 Å². The lowest BCUT2D eigenvalue weighted by Gasteiger charge is -2.08. The van der Waals surface area contributed by atoms with Gasteiger partial charge < -0.3 is 5.73 Å². The zero-order valence-electron chi connectivity index (χ0n) is 11.1. The number of hydrogen-bond acceptors (Lipinski definition) is 5. The van der Waals surface area contributed by atoms with Crippen molar-refractivity contribution in [2.45, 2.75) is 20.3 Å². The fraction of sp³-hybridized carbons (Fsp3) is 0.214. The Kier molecular flexibility index (Phi) is 2.83.